The van der Waals surface area contributed by atoms with Crippen LogP contribution in [0.25, 0.3) is 20.8 Å². The molecule has 0 aliphatic rings. The van der Waals surface area contributed by atoms with Crippen LogP contribution in [0.15, 0.2) is 48.5 Å². The van der Waals surface area contributed by atoms with Gasteiger partial charge in [0.15, 0.2) is 5.69 Å². The largest absolute Gasteiger partial charge is 0.508 e. The third-order valence-electron chi connectivity index (χ3n) is 4.42. The molecule has 0 atom stereocenters. The van der Waals surface area contributed by atoms with Gasteiger partial charge in [0.2, 0.25) is 5.69 Å². The highest BCUT2D eigenvalue weighted by atomic mass is 16.3. The van der Waals surface area contributed by atoms with E-state index in [1.165, 1.54) is 0 Å². The van der Waals surface area contributed by atoms with Crippen molar-refractivity contribution in [2.45, 2.75) is 20.4 Å². The van der Waals surface area contributed by atoms with Crippen molar-refractivity contribution in [1.82, 2.24) is 4.57 Å². The van der Waals surface area contributed by atoms with E-state index < -0.39 is 0 Å². The van der Waals surface area contributed by atoms with Gasteiger partial charge in [-0.25, -0.2) is 9.69 Å². The lowest BCUT2D eigenvalue weighted by Gasteiger charge is -2.11. The van der Waals surface area contributed by atoms with E-state index in [4.69, 9.17) is 13.1 Å². The Morgan fingerprint density at radius 1 is 0.880 bits per heavy atom. The third kappa shape index (κ3) is 2.98. The summed E-state index contributed by atoms with van der Waals surface area (Å²) in [6.45, 7) is 19.3. The fraction of sp³-hybridized carbons (Fsp3) is 0.143. The van der Waals surface area contributed by atoms with Crippen LogP contribution in [-0.2, 0) is 6.54 Å². The van der Waals surface area contributed by atoms with Crippen molar-refractivity contribution < 1.29 is 5.11 Å². The summed E-state index contributed by atoms with van der Waals surface area (Å²) in [7, 11) is 0. The summed E-state index contributed by atoms with van der Waals surface area (Å²) in [6.07, 6.45) is 0. The summed E-state index contributed by atoms with van der Waals surface area (Å²) in [5.41, 5.74) is 6.10. The Morgan fingerprint density at radius 3 is 2.08 bits per heavy atom. The first-order valence-electron chi connectivity index (χ1n) is 7.88. The minimum absolute atomic E-state index is 0.243. The summed E-state index contributed by atoms with van der Waals surface area (Å²) in [6, 6.07) is 14.5. The monoisotopic (exact) mass is 327 g/mol. The van der Waals surface area contributed by atoms with Crippen LogP contribution in [-0.4, -0.2) is 9.67 Å². The number of aromatic hydroxyl groups is 1. The maximum atomic E-state index is 9.44. The standard InChI is InChI=1S/C21H17N3O/c1-14-20(17-7-9-18(22-3)10-8-17)21(23-4)15(2)24(14)13-16-5-11-19(25)12-6-16/h5-12,25H,13H2,1-2H3. The maximum absolute atomic E-state index is 9.44. The smallest absolute Gasteiger partial charge is 0.215 e. The molecule has 1 heterocycles. The highest BCUT2D eigenvalue weighted by Crippen LogP contribution is 2.39. The average Bonchev–Trinajstić information content (AvgIpc) is 2.87. The summed E-state index contributed by atoms with van der Waals surface area (Å²) in [5.74, 6) is 0.243. The zero-order chi connectivity index (χ0) is 18.0. The van der Waals surface area contributed by atoms with Crippen molar-refractivity contribution in [3.8, 4) is 16.9 Å². The van der Waals surface area contributed by atoms with Gasteiger partial charge in [-0.3, -0.25) is 0 Å². The first kappa shape index (κ1) is 16.4. The fourth-order valence-electron chi connectivity index (χ4n) is 3.07. The third-order valence-corrected chi connectivity index (χ3v) is 4.42. The van der Waals surface area contributed by atoms with Crippen LogP contribution in [0.5, 0.6) is 5.75 Å². The Balaban J connectivity index is 2.09. The van der Waals surface area contributed by atoms with Gasteiger partial charge in [-0.2, -0.15) is 0 Å². The molecule has 0 radical (unpaired) electrons. The SMILES string of the molecule is [C-]#[N+]c1ccc(-c2c([N+]#[C-])c(C)n(Cc3ccc(O)cc3)c2C)cc1. The minimum atomic E-state index is 0.243. The van der Waals surface area contributed by atoms with Gasteiger partial charge >= 0.3 is 0 Å². The molecule has 1 aromatic heterocycles. The molecule has 2 aromatic carbocycles. The Bertz CT molecular complexity index is 998. The summed E-state index contributed by atoms with van der Waals surface area (Å²) in [5, 5.41) is 9.44. The van der Waals surface area contributed by atoms with Gasteiger partial charge in [-0.15, -0.1) is 0 Å². The van der Waals surface area contributed by atoms with Crippen LogP contribution in [0.1, 0.15) is 17.0 Å². The molecule has 0 amide bonds. The predicted octanol–water partition coefficient (Wildman–Crippen LogP) is 5.63. The number of benzene rings is 2. The van der Waals surface area contributed by atoms with E-state index in [9.17, 15) is 5.11 Å². The van der Waals surface area contributed by atoms with Crippen molar-refractivity contribution >= 4 is 11.4 Å². The van der Waals surface area contributed by atoms with Crippen LogP contribution in [0, 0.1) is 27.0 Å². The fourth-order valence-corrected chi connectivity index (χ4v) is 3.07. The van der Waals surface area contributed by atoms with Gasteiger partial charge in [0.25, 0.3) is 0 Å². The zero-order valence-corrected chi connectivity index (χ0v) is 14.1. The second-order valence-electron chi connectivity index (χ2n) is 5.92. The van der Waals surface area contributed by atoms with Crippen LogP contribution in [0.4, 0.5) is 11.4 Å². The van der Waals surface area contributed by atoms with E-state index in [0.29, 0.717) is 17.9 Å². The number of phenols is 1. The lowest BCUT2D eigenvalue weighted by Crippen LogP contribution is -2.03. The Kier molecular flexibility index (Phi) is 4.29. The molecule has 0 unspecified atom stereocenters. The van der Waals surface area contributed by atoms with Crippen LogP contribution in [0.2, 0.25) is 0 Å². The van der Waals surface area contributed by atoms with E-state index >= 15 is 0 Å². The number of aromatic nitrogens is 1. The molecule has 3 rings (SSSR count). The van der Waals surface area contributed by atoms with E-state index in [1.807, 2.05) is 38.1 Å². The molecule has 0 fully saturated rings. The van der Waals surface area contributed by atoms with Crippen molar-refractivity contribution in [2.75, 3.05) is 0 Å². The highest BCUT2D eigenvalue weighted by molar-refractivity contribution is 5.84. The molecule has 0 saturated carbocycles. The first-order chi connectivity index (χ1) is 12.0. The number of phenolic OH excluding ortho intramolecular Hbond substituents is 1. The molecule has 4 nitrogen and oxygen atoms in total. The molecule has 25 heavy (non-hydrogen) atoms. The number of nitrogens with zero attached hydrogens (tertiary/aromatic N) is 3. The van der Waals surface area contributed by atoms with Crippen LogP contribution >= 0.6 is 0 Å². The van der Waals surface area contributed by atoms with Crippen LogP contribution in [0.3, 0.4) is 0 Å². The molecule has 1 N–H and O–H groups in total. The molecular formula is C21H17N3O. The van der Waals surface area contributed by atoms with E-state index in [1.54, 1.807) is 24.3 Å². The Labute approximate surface area is 147 Å². The second kappa shape index (κ2) is 6.55. The molecule has 0 bridgehead atoms. The zero-order valence-electron chi connectivity index (χ0n) is 14.1. The average molecular weight is 327 g/mol. The molecule has 3 aromatic rings. The van der Waals surface area contributed by atoms with Crippen molar-refractivity contribution in [3.63, 3.8) is 0 Å². The first-order valence-corrected chi connectivity index (χ1v) is 7.88. The highest BCUT2D eigenvalue weighted by Gasteiger charge is 2.19. The second-order valence-corrected chi connectivity index (χ2v) is 5.92. The molecule has 0 saturated heterocycles. The molecule has 0 aliphatic heterocycles. The number of hydrogen-bond acceptors (Lipinski definition) is 1. The van der Waals surface area contributed by atoms with Crippen LogP contribution < -0.4 is 0 Å². The quantitative estimate of drug-likeness (QED) is 0.622. The number of hydrogen-bond donors (Lipinski definition) is 1. The molecule has 0 spiro atoms. The Hall–Kier alpha value is -3.50. The van der Waals surface area contributed by atoms with Crippen molar-refractivity contribution in [1.29, 1.82) is 0 Å². The normalized spacial score (nSPS) is 10.2. The van der Waals surface area contributed by atoms with Gasteiger partial charge in [-0.1, -0.05) is 36.4 Å². The van der Waals surface area contributed by atoms with E-state index in [-0.39, 0.29) is 5.75 Å². The lowest BCUT2D eigenvalue weighted by atomic mass is 10.0. The molecule has 4 heteroatoms. The topological polar surface area (TPSA) is 33.9 Å². The molecule has 122 valence electrons. The Morgan fingerprint density at radius 2 is 1.52 bits per heavy atom. The van der Waals surface area contributed by atoms with Gasteiger partial charge in [0.1, 0.15) is 5.75 Å². The lowest BCUT2D eigenvalue weighted by molar-refractivity contribution is 0.475. The van der Waals surface area contributed by atoms with Gasteiger partial charge in [-0.05, 0) is 37.1 Å². The summed E-state index contributed by atoms with van der Waals surface area (Å²) in [4.78, 5) is 7.17. The number of rotatable bonds is 3. The summed E-state index contributed by atoms with van der Waals surface area (Å²) >= 11 is 0. The van der Waals surface area contributed by atoms with Gasteiger partial charge in [0, 0.05) is 23.5 Å². The van der Waals surface area contributed by atoms with Gasteiger partial charge < -0.3 is 9.67 Å². The molecule has 0 aliphatic carbocycles. The van der Waals surface area contributed by atoms with Gasteiger partial charge in [0.05, 0.1) is 13.1 Å². The van der Waals surface area contributed by atoms with Crippen molar-refractivity contribution in [2.24, 2.45) is 0 Å². The minimum Gasteiger partial charge on any atom is -0.508 e. The van der Waals surface area contributed by atoms with E-state index in [0.717, 1.165) is 28.1 Å². The summed E-state index contributed by atoms with van der Waals surface area (Å²) < 4.78 is 2.12. The van der Waals surface area contributed by atoms with E-state index in [2.05, 4.69) is 14.3 Å². The molecular weight excluding hydrogens is 310 g/mol. The van der Waals surface area contributed by atoms with Crippen molar-refractivity contribution in [3.05, 3.63) is 88.3 Å². The predicted molar refractivity (Wildman–Crippen MR) is 99.1 cm³/mol. The maximum Gasteiger partial charge on any atom is 0.215 e.